The van der Waals surface area contributed by atoms with Gasteiger partial charge in [0.2, 0.25) is 0 Å². The fraction of sp³-hybridized carbons (Fsp3) is 0.950. The molecule has 0 bridgehead atoms. The van der Waals surface area contributed by atoms with Crippen molar-refractivity contribution in [3.8, 4) is 0 Å². The summed E-state index contributed by atoms with van der Waals surface area (Å²) >= 11 is 0. The predicted molar refractivity (Wildman–Crippen MR) is 208 cm³/mol. The maximum atomic E-state index is 11.9. The van der Waals surface area contributed by atoms with Crippen LogP contribution >= 0.6 is 0 Å². The second-order valence-corrected chi connectivity index (χ2v) is 12.8. The van der Waals surface area contributed by atoms with Crippen molar-refractivity contribution >= 4 is 11.9 Å². The van der Waals surface area contributed by atoms with Crippen molar-refractivity contribution < 1.29 is 71.5 Å². The SMILES string of the molecule is CCCCCCCCCCCCCCCC(=O)OCCOCCOCCOCCOCCOCCOCCOCCOCCOCCOCCOCC(=O)O. The first-order valence-corrected chi connectivity index (χ1v) is 20.9. The van der Waals surface area contributed by atoms with Crippen molar-refractivity contribution in [2.45, 2.75) is 96.8 Å². The summed E-state index contributed by atoms with van der Waals surface area (Å²) in [6.45, 7) is 11.6. The first-order valence-electron chi connectivity index (χ1n) is 20.9. The minimum Gasteiger partial charge on any atom is -0.480 e. The molecule has 0 aliphatic heterocycles. The van der Waals surface area contributed by atoms with E-state index in [-0.39, 0.29) is 25.8 Å². The average molecular weight is 799 g/mol. The van der Waals surface area contributed by atoms with E-state index in [0.717, 1.165) is 12.8 Å². The minimum atomic E-state index is -0.997. The van der Waals surface area contributed by atoms with Gasteiger partial charge in [0.05, 0.1) is 139 Å². The number of carbonyl (C=O) groups excluding carboxylic acids is 1. The Morgan fingerprint density at radius 3 is 0.836 bits per heavy atom. The van der Waals surface area contributed by atoms with Gasteiger partial charge in [-0.05, 0) is 6.42 Å². The minimum absolute atomic E-state index is 0.138. The molecule has 0 heterocycles. The predicted octanol–water partition coefficient (Wildman–Crippen LogP) is 5.28. The molecule has 15 heteroatoms. The molecule has 0 unspecified atom stereocenters. The van der Waals surface area contributed by atoms with E-state index in [9.17, 15) is 9.59 Å². The molecule has 0 saturated heterocycles. The van der Waals surface area contributed by atoms with Gasteiger partial charge in [-0.3, -0.25) is 4.79 Å². The van der Waals surface area contributed by atoms with Gasteiger partial charge in [-0.1, -0.05) is 84.0 Å². The largest absolute Gasteiger partial charge is 0.480 e. The van der Waals surface area contributed by atoms with Crippen molar-refractivity contribution in [1.29, 1.82) is 0 Å². The van der Waals surface area contributed by atoms with Crippen molar-refractivity contribution in [3.05, 3.63) is 0 Å². The highest BCUT2D eigenvalue weighted by atomic mass is 16.6. The number of hydrogen-bond donors (Lipinski definition) is 1. The smallest absolute Gasteiger partial charge is 0.329 e. The Morgan fingerprint density at radius 2 is 0.564 bits per heavy atom. The third-order valence-corrected chi connectivity index (χ3v) is 7.92. The van der Waals surface area contributed by atoms with E-state index >= 15 is 0 Å². The molecule has 328 valence electrons. The molecular formula is C40H78O15. The molecule has 0 amide bonds. The van der Waals surface area contributed by atoms with E-state index in [0.29, 0.717) is 139 Å². The van der Waals surface area contributed by atoms with Gasteiger partial charge in [0.25, 0.3) is 0 Å². The van der Waals surface area contributed by atoms with Crippen molar-refractivity contribution in [2.75, 3.05) is 152 Å². The van der Waals surface area contributed by atoms with Gasteiger partial charge in [-0.2, -0.15) is 0 Å². The third kappa shape index (κ3) is 50.5. The number of carboxylic acids is 1. The van der Waals surface area contributed by atoms with Crippen LogP contribution in [0.15, 0.2) is 0 Å². The van der Waals surface area contributed by atoms with E-state index in [1.165, 1.54) is 70.6 Å². The number of aliphatic carboxylic acids is 1. The van der Waals surface area contributed by atoms with E-state index in [2.05, 4.69) is 6.92 Å². The molecule has 15 nitrogen and oxygen atoms in total. The summed E-state index contributed by atoms with van der Waals surface area (Å²) in [7, 11) is 0. The molecule has 0 atom stereocenters. The lowest BCUT2D eigenvalue weighted by Crippen LogP contribution is -2.16. The molecule has 0 saturated carbocycles. The van der Waals surface area contributed by atoms with Crippen LogP contribution in [0.3, 0.4) is 0 Å². The fourth-order valence-electron chi connectivity index (χ4n) is 4.93. The van der Waals surface area contributed by atoms with Crippen LogP contribution < -0.4 is 0 Å². The zero-order valence-corrected chi connectivity index (χ0v) is 34.3. The number of hydrogen-bond acceptors (Lipinski definition) is 14. The lowest BCUT2D eigenvalue weighted by Gasteiger charge is -2.09. The van der Waals surface area contributed by atoms with Crippen LogP contribution in [0.2, 0.25) is 0 Å². The molecule has 0 fully saturated rings. The quantitative estimate of drug-likeness (QED) is 0.0624. The highest BCUT2D eigenvalue weighted by Crippen LogP contribution is 2.13. The van der Waals surface area contributed by atoms with Crippen LogP contribution in [0.4, 0.5) is 0 Å². The van der Waals surface area contributed by atoms with Gasteiger partial charge in [0, 0.05) is 6.42 Å². The van der Waals surface area contributed by atoms with Gasteiger partial charge in [-0.15, -0.1) is 0 Å². The molecule has 0 aromatic heterocycles. The molecule has 55 heavy (non-hydrogen) atoms. The summed E-state index contributed by atoms with van der Waals surface area (Å²) in [5.74, 6) is -1.14. The summed E-state index contributed by atoms with van der Waals surface area (Å²) in [4.78, 5) is 22.2. The number of carboxylic acid groups (broad SMARTS) is 1. The summed E-state index contributed by atoms with van der Waals surface area (Å²) in [6, 6.07) is 0. The van der Waals surface area contributed by atoms with Gasteiger partial charge in [0.1, 0.15) is 13.2 Å². The average Bonchev–Trinajstić information content (AvgIpc) is 3.18. The summed E-state index contributed by atoms with van der Waals surface area (Å²) < 4.78 is 64.5. The van der Waals surface area contributed by atoms with Crippen molar-refractivity contribution in [3.63, 3.8) is 0 Å². The maximum absolute atomic E-state index is 11.9. The molecular weight excluding hydrogens is 720 g/mol. The molecule has 0 radical (unpaired) electrons. The lowest BCUT2D eigenvalue weighted by atomic mass is 10.0. The Balaban J connectivity index is 3.12. The van der Waals surface area contributed by atoms with Gasteiger partial charge >= 0.3 is 11.9 Å². The van der Waals surface area contributed by atoms with Crippen LogP contribution in [0.25, 0.3) is 0 Å². The van der Waals surface area contributed by atoms with Crippen LogP contribution in [-0.2, 0) is 66.4 Å². The van der Waals surface area contributed by atoms with E-state index in [4.69, 9.17) is 61.9 Å². The Labute approximate surface area is 331 Å². The maximum Gasteiger partial charge on any atom is 0.329 e. The molecule has 0 spiro atoms. The fourth-order valence-corrected chi connectivity index (χ4v) is 4.93. The molecule has 0 rings (SSSR count). The van der Waals surface area contributed by atoms with E-state index < -0.39 is 5.97 Å². The molecule has 1 N–H and O–H groups in total. The zero-order chi connectivity index (χ0) is 39.8. The molecule has 0 aliphatic carbocycles. The van der Waals surface area contributed by atoms with Gasteiger partial charge < -0.3 is 61.9 Å². The van der Waals surface area contributed by atoms with Gasteiger partial charge in [-0.25, -0.2) is 4.79 Å². The normalized spacial score (nSPS) is 11.4. The summed E-state index contributed by atoms with van der Waals surface area (Å²) in [5.41, 5.74) is 0. The highest BCUT2D eigenvalue weighted by molar-refractivity contribution is 5.69. The number of unbranched alkanes of at least 4 members (excludes halogenated alkanes) is 12. The lowest BCUT2D eigenvalue weighted by molar-refractivity contribution is -0.145. The summed E-state index contributed by atoms with van der Waals surface area (Å²) in [6.07, 6.45) is 17.3. The Morgan fingerprint density at radius 1 is 0.327 bits per heavy atom. The number of carbonyl (C=O) groups is 2. The Hall–Kier alpha value is -1.50. The van der Waals surface area contributed by atoms with Crippen LogP contribution in [0.5, 0.6) is 0 Å². The topological polar surface area (TPSA) is 165 Å². The van der Waals surface area contributed by atoms with Crippen LogP contribution in [0, 0.1) is 0 Å². The second-order valence-electron chi connectivity index (χ2n) is 12.8. The number of esters is 1. The first-order chi connectivity index (χ1) is 27.2. The van der Waals surface area contributed by atoms with E-state index in [1.807, 2.05) is 0 Å². The molecule has 0 aromatic rings. The Bertz CT molecular complexity index is 762. The molecule has 0 aromatic carbocycles. The standard InChI is InChI=1S/C40H78O15/c1-2-3-4-5-6-7-8-9-10-11-12-13-14-15-40(43)55-37-36-53-33-32-51-29-28-49-25-24-47-21-20-45-17-16-44-18-19-46-22-23-48-26-27-50-30-31-52-34-35-54-38-39(41)42/h2-38H2,1H3,(H,41,42). The third-order valence-electron chi connectivity index (χ3n) is 7.92. The van der Waals surface area contributed by atoms with Gasteiger partial charge in [0.15, 0.2) is 0 Å². The van der Waals surface area contributed by atoms with Crippen LogP contribution in [0.1, 0.15) is 96.8 Å². The van der Waals surface area contributed by atoms with Crippen molar-refractivity contribution in [2.24, 2.45) is 0 Å². The number of rotatable bonds is 49. The van der Waals surface area contributed by atoms with Crippen LogP contribution in [-0.4, -0.2) is 169 Å². The first kappa shape index (κ1) is 53.5. The monoisotopic (exact) mass is 799 g/mol. The second kappa shape index (κ2) is 48.6. The zero-order valence-electron chi connectivity index (χ0n) is 34.3. The Kier molecular flexibility index (Phi) is 47.3. The summed E-state index contributed by atoms with van der Waals surface area (Å²) in [5, 5.41) is 8.44. The molecule has 0 aliphatic rings. The van der Waals surface area contributed by atoms with Crippen molar-refractivity contribution in [1.82, 2.24) is 0 Å². The number of ether oxygens (including phenoxy) is 12. The highest BCUT2D eigenvalue weighted by Gasteiger charge is 2.03. The van der Waals surface area contributed by atoms with E-state index in [1.54, 1.807) is 0 Å².